The van der Waals surface area contributed by atoms with Crippen molar-refractivity contribution < 1.29 is 13.7 Å². The highest BCUT2D eigenvalue weighted by molar-refractivity contribution is 9.10. The van der Waals surface area contributed by atoms with Crippen molar-refractivity contribution in [3.63, 3.8) is 0 Å². The molecule has 1 amide bonds. The first-order chi connectivity index (χ1) is 7.66. The molecule has 0 fully saturated rings. The van der Waals surface area contributed by atoms with Gasteiger partial charge in [-0.1, -0.05) is 21.1 Å². The molecule has 0 spiro atoms. The van der Waals surface area contributed by atoms with Crippen LogP contribution in [-0.4, -0.2) is 11.1 Å². The van der Waals surface area contributed by atoms with Crippen molar-refractivity contribution in [3.8, 4) is 0 Å². The van der Waals surface area contributed by atoms with Gasteiger partial charge < -0.3 is 9.84 Å². The van der Waals surface area contributed by atoms with Gasteiger partial charge in [-0.3, -0.25) is 4.79 Å². The summed E-state index contributed by atoms with van der Waals surface area (Å²) in [5, 5.41) is 5.87. The molecule has 0 aliphatic heterocycles. The fourth-order valence-electron chi connectivity index (χ4n) is 1.14. The molecule has 0 bridgehead atoms. The second-order valence-electron chi connectivity index (χ2n) is 2.99. The number of anilines is 1. The Labute approximate surface area is 98.6 Å². The standard InChI is InChI=1S/C10H6BrFN2O2/c11-6-1-2-9(12)8(3-6)10(15)14-7-4-13-16-5-7/h1-5H,(H,14,15). The van der Waals surface area contributed by atoms with Gasteiger partial charge in [0, 0.05) is 4.47 Å². The Hall–Kier alpha value is -1.69. The smallest absolute Gasteiger partial charge is 0.258 e. The molecular weight excluding hydrogens is 279 g/mol. The second kappa shape index (κ2) is 4.44. The van der Waals surface area contributed by atoms with Gasteiger partial charge in [-0.05, 0) is 18.2 Å². The van der Waals surface area contributed by atoms with Crippen molar-refractivity contribution >= 4 is 27.5 Å². The van der Waals surface area contributed by atoms with E-state index in [0.717, 1.165) is 0 Å². The molecule has 82 valence electrons. The summed E-state index contributed by atoms with van der Waals surface area (Å²) in [6.07, 6.45) is 2.58. The number of halogens is 2. The molecule has 0 saturated carbocycles. The van der Waals surface area contributed by atoms with Gasteiger partial charge in [0.25, 0.3) is 5.91 Å². The molecule has 1 N–H and O–H groups in total. The largest absolute Gasteiger partial charge is 0.363 e. The third-order valence-corrected chi connectivity index (χ3v) is 2.36. The number of amides is 1. The Morgan fingerprint density at radius 2 is 2.31 bits per heavy atom. The highest BCUT2D eigenvalue weighted by Crippen LogP contribution is 2.17. The molecule has 0 unspecified atom stereocenters. The van der Waals surface area contributed by atoms with Crippen molar-refractivity contribution in [1.29, 1.82) is 0 Å². The van der Waals surface area contributed by atoms with Gasteiger partial charge in [0.15, 0.2) is 0 Å². The van der Waals surface area contributed by atoms with Gasteiger partial charge in [-0.15, -0.1) is 0 Å². The van der Waals surface area contributed by atoms with Crippen LogP contribution in [0.3, 0.4) is 0 Å². The third-order valence-electron chi connectivity index (χ3n) is 1.86. The van der Waals surface area contributed by atoms with Crippen LogP contribution >= 0.6 is 15.9 Å². The first kappa shape index (κ1) is 10.8. The maximum Gasteiger partial charge on any atom is 0.258 e. The Morgan fingerprint density at radius 3 is 3.00 bits per heavy atom. The summed E-state index contributed by atoms with van der Waals surface area (Å²) < 4.78 is 18.5. The molecular formula is C10H6BrFN2O2. The van der Waals surface area contributed by atoms with Crippen LogP contribution in [0.25, 0.3) is 0 Å². The van der Waals surface area contributed by atoms with Crippen LogP contribution in [0.4, 0.5) is 10.1 Å². The Morgan fingerprint density at radius 1 is 1.50 bits per heavy atom. The molecule has 0 atom stereocenters. The normalized spacial score (nSPS) is 10.1. The number of hydrogen-bond acceptors (Lipinski definition) is 3. The van der Waals surface area contributed by atoms with E-state index >= 15 is 0 Å². The van der Waals surface area contributed by atoms with Crippen LogP contribution in [0.15, 0.2) is 39.7 Å². The lowest BCUT2D eigenvalue weighted by molar-refractivity contribution is 0.102. The van der Waals surface area contributed by atoms with E-state index < -0.39 is 11.7 Å². The number of nitrogens with zero attached hydrogens (tertiary/aromatic N) is 1. The van der Waals surface area contributed by atoms with Gasteiger partial charge >= 0.3 is 0 Å². The fraction of sp³-hybridized carbons (Fsp3) is 0. The molecule has 4 nitrogen and oxygen atoms in total. The number of nitrogens with one attached hydrogen (secondary N) is 1. The molecule has 0 aliphatic rings. The SMILES string of the molecule is O=C(Nc1cnoc1)c1cc(Br)ccc1F. The number of aromatic nitrogens is 1. The van der Waals surface area contributed by atoms with Crippen LogP contribution in [0.1, 0.15) is 10.4 Å². The van der Waals surface area contributed by atoms with Crippen molar-refractivity contribution in [2.24, 2.45) is 0 Å². The number of carbonyl (C=O) groups is 1. The fourth-order valence-corrected chi connectivity index (χ4v) is 1.50. The molecule has 2 rings (SSSR count). The molecule has 1 aromatic carbocycles. The monoisotopic (exact) mass is 284 g/mol. The quantitative estimate of drug-likeness (QED) is 0.923. The van der Waals surface area contributed by atoms with E-state index in [1.165, 1.54) is 30.7 Å². The Balaban J connectivity index is 2.24. The molecule has 1 heterocycles. The second-order valence-corrected chi connectivity index (χ2v) is 3.91. The third kappa shape index (κ3) is 2.27. The minimum atomic E-state index is -0.586. The summed E-state index contributed by atoms with van der Waals surface area (Å²) in [7, 11) is 0. The van der Waals surface area contributed by atoms with Crippen LogP contribution in [0.2, 0.25) is 0 Å². The van der Waals surface area contributed by atoms with Crippen molar-refractivity contribution in [2.75, 3.05) is 5.32 Å². The molecule has 0 aliphatic carbocycles. The van der Waals surface area contributed by atoms with Gasteiger partial charge in [-0.2, -0.15) is 0 Å². The predicted octanol–water partition coefficient (Wildman–Crippen LogP) is 2.83. The summed E-state index contributed by atoms with van der Waals surface area (Å²) in [6, 6.07) is 4.14. The number of rotatable bonds is 2. The van der Waals surface area contributed by atoms with Crippen LogP contribution in [-0.2, 0) is 0 Å². The minimum Gasteiger partial charge on any atom is -0.363 e. The highest BCUT2D eigenvalue weighted by atomic mass is 79.9. The van der Waals surface area contributed by atoms with Crippen LogP contribution < -0.4 is 5.32 Å². The number of carbonyl (C=O) groups excluding carboxylic acids is 1. The zero-order valence-corrected chi connectivity index (χ0v) is 9.49. The first-order valence-electron chi connectivity index (χ1n) is 4.32. The maximum atomic E-state index is 13.3. The summed E-state index contributed by atoms with van der Waals surface area (Å²) in [5.74, 6) is -1.14. The Kier molecular flexibility index (Phi) is 3.00. The summed E-state index contributed by atoms with van der Waals surface area (Å²) >= 11 is 3.17. The van der Waals surface area contributed by atoms with Gasteiger partial charge in [0.05, 0.1) is 11.8 Å². The van der Waals surface area contributed by atoms with E-state index in [1.807, 2.05) is 0 Å². The lowest BCUT2D eigenvalue weighted by Gasteiger charge is -2.03. The van der Waals surface area contributed by atoms with Gasteiger partial charge in [0.1, 0.15) is 17.8 Å². The first-order valence-corrected chi connectivity index (χ1v) is 5.12. The summed E-state index contributed by atoms with van der Waals surface area (Å²) in [6.45, 7) is 0. The van der Waals surface area contributed by atoms with Crippen LogP contribution in [0, 0.1) is 5.82 Å². The van der Waals surface area contributed by atoms with Crippen LogP contribution in [0.5, 0.6) is 0 Å². The topological polar surface area (TPSA) is 55.1 Å². The highest BCUT2D eigenvalue weighted by Gasteiger charge is 2.12. The lowest BCUT2D eigenvalue weighted by Crippen LogP contribution is -2.13. The van der Waals surface area contributed by atoms with Crippen molar-refractivity contribution in [2.45, 2.75) is 0 Å². The lowest BCUT2D eigenvalue weighted by atomic mass is 10.2. The minimum absolute atomic E-state index is 0.0458. The maximum absolute atomic E-state index is 13.3. The van der Waals surface area contributed by atoms with E-state index in [9.17, 15) is 9.18 Å². The van der Waals surface area contributed by atoms with E-state index in [2.05, 4.69) is 30.9 Å². The van der Waals surface area contributed by atoms with Crippen molar-refractivity contribution in [1.82, 2.24) is 5.16 Å². The predicted molar refractivity (Wildman–Crippen MR) is 58.6 cm³/mol. The van der Waals surface area contributed by atoms with E-state index in [-0.39, 0.29) is 5.56 Å². The Bertz CT molecular complexity index is 514. The van der Waals surface area contributed by atoms with E-state index in [4.69, 9.17) is 0 Å². The number of hydrogen-bond donors (Lipinski definition) is 1. The zero-order valence-electron chi connectivity index (χ0n) is 7.91. The zero-order chi connectivity index (χ0) is 11.5. The van der Waals surface area contributed by atoms with E-state index in [1.54, 1.807) is 0 Å². The molecule has 1 aromatic heterocycles. The molecule has 0 saturated heterocycles. The summed E-state index contributed by atoms with van der Waals surface area (Å²) in [5.41, 5.74) is 0.333. The van der Waals surface area contributed by atoms with Gasteiger partial charge in [0.2, 0.25) is 0 Å². The summed E-state index contributed by atoms with van der Waals surface area (Å²) in [4.78, 5) is 11.6. The number of benzene rings is 1. The molecule has 2 aromatic rings. The average Bonchev–Trinajstić information content (AvgIpc) is 2.74. The van der Waals surface area contributed by atoms with E-state index in [0.29, 0.717) is 10.2 Å². The van der Waals surface area contributed by atoms with Gasteiger partial charge in [-0.25, -0.2) is 4.39 Å². The molecule has 16 heavy (non-hydrogen) atoms. The average molecular weight is 285 g/mol. The molecule has 0 radical (unpaired) electrons. The molecule has 6 heteroatoms. The van der Waals surface area contributed by atoms with Crippen molar-refractivity contribution in [3.05, 3.63) is 46.5 Å².